The first-order valence-electron chi connectivity index (χ1n) is 9.75. The summed E-state index contributed by atoms with van der Waals surface area (Å²) >= 11 is 0. The second-order valence-electron chi connectivity index (χ2n) is 7.87. The number of hydrogen-bond acceptors (Lipinski definition) is 5. The van der Waals surface area contributed by atoms with E-state index in [0.29, 0.717) is 24.5 Å². The Morgan fingerprint density at radius 1 is 1.25 bits per heavy atom. The van der Waals surface area contributed by atoms with Crippen LogP contribution in [0.5, 0.6) is 5.75 Å². The van der Waals surface area contributed by atoms with Crippen LogP contribution in [0.25, 0.3) is 11.0 Å². The van der Waals surface area contributed by atoms with Gasteiger partial charge >= 0.3 is 0 Å². The Kier molecular flexibility index (Phi) is 3.21. The Hall–Kier alpha value is -2.86. The van der Waals surface area contributed by atoms with E-state index in [2.05, 4.69) is 5.16 Å². The van der Waals surface area contributed by atoms with E-state index < -0.39 is 5.41 Å². The molecule has 0 bridgehead atoms. The molecule has 2 atom stereocenters. The number of aryl methyl sites for hydroxylation is 1. The first-order valence-corrected chi connectivity index (χ1v) is 9.75. The van der Waals surface area contributed by atoms with Crippen molar-refractivity contribution in [2.75, 3.05) is 24.7 Å². The van der Waals surface area contributed by atoms with E-state index >= 15 is 0 Å². The van der Waals surface area contributed by atoms with E-state index in [9.17, 15) is 4.79 Å². The average molecular weight is 376 g/mol. The van der Waals surface area contributed by atoms with Crippen molar-refractivity contribution in [3.05, 3.63) is 53.2 Å². The molecule has 1 spiro atoms. The predicted molar refractivity (Wildman–Crippen MR) is 103 cm³/mol. The van der Waals surface area contributed by atoms with E-state index in [1.54, 1.807) is 0 Å². The molecule has 6 heteroatoms. The molecule has 142 valence electrons. The maximum absolute atomic E-state index is 13.8. The van der Waals surface area contributed by atoms with Gasteiger partial charge in [0.25, 0.3) is 0 Å². The highest BCUT2D eigenvalue weighted by atomic mass is 16.5. The van der Waals surface area contributed by atoms with Crippen molar-refractivity contribution in [1.82, 2.24) is 5.16 Å². The largest absolute Gasteiger partial charge is 0.491 e. The van der Waals surface area contributed by atoms with Crippen LogP contribution in [0.2, 0.25) is 0 Å². The van der Waals surface area contributed by atoms with Crippen molar-refractivity contribution in [2.24, 2.45) is 0 Å². The number of carbonyl (C=O) groups excluding carboxylic acids is 1. The number of ether oxygens (including phenoxy) is 2. The van der Waals surface area contributed by atoms with Gasteiger partial charge in [0.2, 0.25) is 5.91 Å². The molecule has 0 aliphatic carbocycles. The van der Waals surface area contributed by atoms with Gasteiger partial charge in [-0.15, -0.1) is 0 Å². The third kappa shape index (κ3) is 1.96. The van der Waals surface area contributed by atoms with Crippen LogP contribution in [0.1, 0.15) is 29.7 Å². The summed E-state index contributed by atoms with van der Waals surface area (Å²) in [5.74, 6) is 0.766. The molecule has 28 heavy (non-hydrogen) atoms. The Morgan fingerprint density at radius 2 is 2.14 bits per heavy atom. The van der Waals surface area contributed by atoms with Gasteiger partial charge in [0.05, 0.1) is 18.3 Å². The summed E-state index contributed by atoms with van der Waals surface area (Å²) < 4.78 is 17.2. The van der Waals surface area contributed by atoms with E-state index in [0.717, 1.165) is 47.3 Å². The number of para-hydroxylation sites is 1. The highest BCUT2D eigenvalue weighted by molar-refractivity contribution is 6.12. The number of hydrogen-bond donors (Lipinski definition) is 0. The van der Waals surface area contributed by atoms with Crippen molar-refractivity contribution in [2.45, 2.75) is 31.3 Å². The van der Waals surface area contributed by atoms with Gasteiger partial charge in [0, 0.05) is 29.3 Å². The summed E-state index contributed by atoms with van der Waals surface area (Å²) in [6.07, 6.45) is 2.14. The maximum atomic E-state index is 13.8. The molecule has 3 aromatic rings. The lowest BCUT2D eigenvalue weighted by Crippen LogP contribution is -2.44. The van der Waals surface area contributed by atoms with Gasteiger partial charge in [0.15, 0.2) is 5.58 Å². The van der Waals surface area contributed by atoms with E-state index in [-0.39, 0.29) is 12.0 Å². The van der Waals surface area contributed by atoms with Crippen molar-refractivity contribution in [3.8, 4) is 5.75 Å². The van der Waals surface area contributed by atoms with Gasteiger partial charge < -0.3 is 18.9 Å². The highest BCUT2D eigenvalue weighted by Gasteiger charge is 2.57. The highest BCUT2D eigenvalue weighted by Crippen LogP contribution is 2.53. The lowest BCUT2D eigenvalue weighted by Gasteiger charge is -2.24. The van der Waals surface area contributed by atoms with Crippen LogP contribution in [-0.2, 0) is 14.9 Å². The lowest BCUT2D eigenvalue weighted by atomic mass is 9.77. The Morgan fingerprint density at radius 3 is 3.00 bits per heavy atom. The summed E-state index contributed by atoms with van der Waals surface area (Å²) in [5.41, 5.74) is 3.55. The molecule has 2 aromatic carbocycles. The molecule has 4 heterocycles. The molecule has 1 amide bonds. The van der Waals surface area contributed by atoms with E-state index in [1.165, 1.54) is 0 Å². The fourth-order valence-electron chi connectivity index (χ4n) is 4.90. The molecule has 2 unspecified atom stereocenters. The van der Waals surface area contributed by atoms with Gasteiger partial charge in [0.1, 0.15) is 17.8 Å². The fourth-order valence-corrected chi connectivity index (χ4v) is 4.90. The molecular weight excluding hydrogens is 356 g/mol. The zero-order valence-electron chi connectivity index (χ0n) is 15.6. The molecule has 1 aromatic heterocycles. The van der Waals surface area contributed by atoms with E-state index in [4.69, 9.17) is 14.0 Å². The van der Waals surface area contributed by atoms with Gasteiger partial charge in [-0.05, 0) is 37.5 Å². The summed E-state index contributed by atoms with van der Waals surface area (Å²) in [6.45, 7) is 3.58. The average Bonchev–Trinajstić information content (AvgIpc) is 3.47. The maximum Gasteiger partial charge on any atom is 0.245 e. The van der Waals surface area contributed by atoms with Gasteiger partial charge in [-0.25, -0.2) is 0 Å². The zero-order valence-corrected chi connectivity index (χ0v) is 15.6. The SMILES string of the molecule is Cc1noc2cc3c(cc12)C1(CO3)C(=O)N(CC2CCCO2)c2ccccc21. The summed E-state index contributed by atoms with van der Waals surface area (Å²) in [4.78, 5) is 15.7. The number of fused-ring (bicyclic) bond motifs is 5. The molecule has 1 saturated heterocycles. The first-order chi connectivity index (χ1) is 13.7. The smallest absolute Gasteiger partial charge is 0.245 e. The number of amides is 1. The standard InChI is InChI=1S/C22H20N2O4/c1-13-15-9-17-20(10-19(15)28-23-13)27-12-22(17)16-6-2-3-7-18(16)24(21(22)25)11-14-5-4-8-26-14/h2-3,6-7,9-10,14H,4-5,8,11-12H2,1H3. The number of carbonyl (C=O) groups is 1. The van der Waals surface area contributed by atoms with Crippen LogP contribution >= 0.6 is 0 Å². The molecule has 0 N–H and O–H groups in total. The summed E-state index contributed by atoms with van der Waals surface area (Å²) in [7, 11) is 0. The van der Waals surface area contributed by atoms with Crippen molar-refractivity contribution >= 4 is 22.6 Å². The molecule has 0 saturated carbocycles. The Labute approximate surface area is 162 Å². The second-order valence-corrected chi connectivity index (χ2v) is 7.87. The van der Waals surface area contributed by atoms with Gasteiger partial charge in [-0.2, -0.15) is 0 Å². The molecule has 0 radical (unpaired) electrons. The van der Waals surface area contributed by atoms with Crippen LogP contribution in [0.4, 0.5) is 5.69 Å². The molecule has 6 rings (SSSR count). The van der Waals surface area contributed by atoms with Crippen LogP contribution in [0.15, 0.2) is 40.9 Å². The van der Waals surface area contributed by atoms with Crippen LogP contribution in [0, 0.1) is 6.92 Å². The molecular formula is C22H20N2O4. The third-order valence-electron chi connectivity index (χ3n) is 6.33. The topological polar surface area (TPSA) is 64.8 Å². The summed E-state index contributed by atoms with van der Waals surface area (Å²) in [5, 5.41) is 4.98. The van der Waals surface area contributed by atoms with Crippen LogP contribution < -0.4 is 9.64 Å². The monoisotopic (exact) mass is 376 g/mol. The molecule has 6 nitrogen and oxygen atoms in total. The molecule has 1 fully saturated rings. The number of anilines is 1. The van der Waals surface area contributed by atoms with Gasteiger partial charge in [-0.1, -0.05) is 23.4 Å². The van der Waals surface area contributed by atoms with Crippen molar-refractivity contribution in [3.63, 3.8) is 0 Å². The van der Waals surface area contributed by atoms with Crippen LogP contribution in [-0.4, -0.2) is 36.9 Å². The normalized spacial score (nSPS) is 25.5. The second kappa shape index (κ2) is 5.58. The quantitative estimate of drug-likeness (QED) is 0.686. The Bertz CT molecular complexity index is 1110. The number of rotatable bonds is 2. The zero-order chi connectivity index (χ0) is 18.9. The van der Waals surface area contributed by atoms with Gasteiger partial charge in [-0.3, -0.25) is 4.79 Å². The lowest BCUT2D eigenvalue weighted by molar-refractivity contribution is -0.122. The molecule has 3 aliphatic heterocycles. The number of aromatic nitrogens is 1. The minimum absolute atomic E-state index is 0.0661. The van der Waals surface area contributed by atoms with Crippen molar-refractivity contribution in [1.29, 1.82) is 0 Å². The minimum atomic E-state index is -0.817. The van der Waals surface area contributed by atoms with Crippen LogP contribution in [0.3, 0.4) is 0 Å². The number of nitrogens with zero attached hydrogens (tertiary/aromatic N) is 2. The summed E-state index contributed by atoms with van der Waals surface area (Å²) in [6, 6.07) is 11.9. The first kappa shape index (κ1) is 16.1. The van der Waals surface area contributed by atoms with E-state index in [1.807, 2.05) is 48.2 Å². The molecule has 3 aliphatic rings. The predicted octanol–water partition coefficient (Wildman–Crippen LogP) is 3.34. The number of benzene rings is 2. The fraction of sp³-hybridized carbons (Fsp3) is 0.364. The van der Waals surface area contributed by atoms with Crippen molar-refractivity contribution < 1.29 is 18.8 Å². The third-order valence-corrected chi connectivity index (χ3v) is 6.33. The minimum Gasteiger partial charge on any atom is -0.491 e. The Balaban J connectivity index is 1.53.